The number of alkyl halides is 1. The summed E-state index contributed by atoms with van der Waals surface area (Å²) in [5.41, 5.74) is 1.00. The minimum absolute atomic E-state index is 0.186. The Morgan fingerprint density at radius 2 is 2.20 bits per heavy atom. The van der Waals surface area contributed by atoms with E-state index in [1.54, 1.807) is 0 Å². The van der Waals surface area contributed by atoms with Crippen molar-refractivity contribution in [1.29, 1.82) is 0 Å². The second-order valence-corrected chi connectivity index (χ2v) is 3.47. The molecular formula is C12H15ClO2. The van der Waals surface area contributed by atoms with Gasteiger partial charge in [0.15, 0.2) is 0 Å². The highest BCUT2D eigenvalue weighted by Crippen LogP contribution is 2.19. The molecule has 0 saturated heterocycles. The highest BCUT2D eigenvalue weighted by atomic mass is 35.5. The lowest BCUT2D eigenvalue weighted by atomic mass is 10.2. The number of halogens is 1. The molecule has 0 spiro atoms. The van der Waals surface area contributed by atoms with Gasteiger partial charge in [-0.15, -0.1) is 11.6 Å². The van der Waals surface area contributed by atoms with E-state index in [1.165, 1.54) is 0 Å². The normalized spacial score (nSPS) is 13.0. The second-order valence-electron chi connectivity index (χ2n) is 3.16. The van der Waals surface area contributed by atoms with Crippen LogP contribution in [0.4, 0.5) is 0 Å². The summed E-state index contributed by atoms with van der Waals surface area (Å²) in [4.78, 5) is 0. The zero-order valence-electron chi connectivity index (χ0n) is 8.69. The number of para-hydroxylation sites is 1. The van der Waals surface area contributed by atoms with Crippen LogP contribution in [0.15, 0.2) is 30.3 Å². The van der Waals surface area contributed by atoms with Gasteiger partial charge in [-0.1, -0.05) is 30.4 Å². The predicted octanol–water partition coefficient (Wildman–Crippen LogP) is 2.70. The van der Waals surface area contributed by atoms with Crippen LogP contribution in [0.25, 0.3) is 6.08 Å². The van der Waals surface area contributed by atoms with Crippen LogP contribution in [0.2, 0.25) is 0 Å². The highest BCUT2D eigenvalue weighted by molar-refractivity contribution is 6.18. The molecule has 0 fully saturated rings. The van der Waals surface area contributed by atoms with Gasteiger partial charge in [0.05, 0.1) is 5.88 Å². The Bertz CT molecular complexity index is 323. The Kier molecular flexibility index (Phi) is 5.22. The highest BCUT2D eigenvalue weighted by Gasteiger charge is 2.04. The summed E-state index contributed by atoms with van der Waals surface area (Å²) in [6.07, 6.45) is 3.29. The van der Waals surface area contributed by atoms with Gasteiger partial charge in [-0.25, -0.2) is 0 Å². The van der Waals surface area contributed by atoms with Crippen LogP contribution < -0.4 is 4.74 Å². The average Bonchev–Trinajstić information content (AvgIpc) is 2.28. The van der Waals surface area contributed by atoms with Crippen molar-refractivity contribution in [2.75, 3.05) is 12.5 Å². The van der Waals surface area contributed by atoms with Crippen LogP contribution in [0.5, 0.6) is 5.75 Å². The van der Waals surface area contributed by atoms with Gasteiger partial charge in [0.1, 0.15) is 18.5 Å². The summed E-state index contributed by atoms with van der Waals surface area (Å²) in [6.45, 7) is 2.17. The van der Waals surface area contributed by atoms with Crippen molar-refractivity contribution < 1.29 is 9.84 Å². The lowest BCUT2D eigenvalue weighted by Crippen LogP contribution is -2.19. The van der Waals surface area contributed by atoms with E-state index in [-0.39, 0.29) is 12.5 Å². The molecule has 82 valence electrons. The van der Waals surface area contributed by atoms with Crippen molar-refractivity contribution in [2.45, 2.75) is 13.0 Å². The van der Waals surface area contributed by atoms with Gasteiger partial charge in [0.25, 0.3) is 0 Å². The van der Waals surface area contributed by atoms with Crippen molar-refractivity contribution in [2.24, 2.45) is 0 Å². The molecular weight excluding hydrogens is 212 g/mol. The van der Waals surface area contributed by atoms with Crippen molar-refractivity contribution in [1.82, 2.24) is 0 Å². The first-order chi connectivity index (χ1) is 7.27. The monoisotopic (exact) mass is 226 g/mol. The first-order valence-corrected chi connectivity index (χ1v) is 5.40. The molecule has 1 N–H and O–H groups in total. The number of hydrogen-bond donors (Lipinski definition) is 1. The van der Waals surface area contributed by atoms with Crippen LogP contribution in [0.3, 0.4) is 0 Å². The maximum Gasteiger partial charge on any atom is 0.126 e. The van der Waals surface area contributed by atoms with E-state index in [0.29, 0.717) is 0 Å². The first kappa shape index (κ1) is 12.1. The molecule has 0 aromatic heterocycles. The molecule has 0 amide bonds. The van der Waals surface area contributed by atoms with E-state index in [2.05, 4.69) is 0 Å². The predicted molar refractivity (Wildman–Crippen MR) is 63.4 cm³/mol. The lowest BCUT2D eigenvalue weighted by molar-refractivity contribution is 0.125. The van der Waals surface area contributed by atoms with E-state index in [9.17, 15) is 5.11 Å². The number of aliphatic hydroxyl groups excluding tert-OH is 1. The number of benzene rings is 1. The molecule has 1 rings (SSSR count). The van der Waals surface area contributed by atoms with Gasteiger partial charge < -0.3 is 9.84 Å². The SMILES string of the molecule is C/C=C/c1ccccc1OCC(O)CCl. The molecule has 0 aliphatic heterocycles. The van der Waals surface area contributed by atoms with E-state index < -0.39 is 6.10 Å². The molecule has 0 aliphatic rings. The number of ether oxygens (including phenoxy) is 1. The van der Waals surface area contributed by atoms with Gasteiger partial charge in [0.2, 0.25) is 0 Å². The fraction of sp³-hybridized carbons (Fsp3) is 0.333. The van der Waals surface area contributed by atoms with Crippen LogP contribution in [0.1, 0.15) is 12.5 Å². The summed E-state index contributed by atoms with van der Waals surface area (Å²) in [7, 11) is 0. The van der Waals surface area contributed by atoms with Crippen molar-refractivity contribution >= 4 is 17.7 Å². The summed E-state index contributed by atoms with van der Waals surface area (Å²) < 4.78 is 5.46. The molecule has 0 saturated carbocycles. The molecule has 0 heterocycles. The van der Waals surface area contributed by atoms with Crippen molar-refractivity contribution in [3.8, 4) is 5.75 Å². The third-order valence-electron chi connectivity index (χ3n) is 1.87. The number of allylic oxidation sites excluding steroid dienone is 1. The van der Waals surface area contributed by atoms with Gasteiger partial charge >= 0.3 is 0 Å². The molecule has 1 unspecified atom stereocenters. The third kappa shape index (κ3) is 3.94. The van der Waals surface area contributed by atoms with Crippen LogP contribution >= 0.6 is 11.6 Å². The van der Waals surface area contributed by atoms with Crippen molar-refractivity contribution in [3.05, 3.63) is 35.9 Å². The summed E-state index contributed by atoms with van der Waals surface area (Å²) in [6, 6.07) is 7.67. The molecule has 1 aromatic carbocycles. The van der Waals surface area contributed by atoms with Crippen LogP contribution in [-0.2, 0) is 0 Å². The minimum atomic E-state index is -0.620. The van der Waals surface area contributed by atoms with Crippen molar-refractivity contribution in [3.63, 3.8) is 0 Å². The molecule has 0 aliphatic carbocycles. The Morgan fingerprint density at radius 3 is 2.87 bits per heavy atom. The van der Waals surface area contributed by atoms with Gasteiger partial charge in [-0.05, 0) is 13.0 Å². The van der Waals surface area contributed by atoms with Crippen LogP contribution in [0, 0.1) is 0 Å². The average molecular weight is 227 g/mol. The molecule has 0 bridgehead atoms. The fourth-order valence-corrected chi connectivity index (χ4v) is 1.25. The molecule has 1 atom stereocenters. The first-order valence-electron chi connectivity index (χ1n) is 4.86. The standard InChI is InChI=1S/C12H15ClO2/c1-2-5-10-6-3-4-7-12(10)15-9-11(14)8-13/h2-7,11,14H,8-9H2,1H3/b5-2+. The van der Waals surface area contributed by atoms with Gasteiger partial charge in [-0.2, -0.15) is 0 Å². The van der Waals surface area contributed by atoms with E-state index in [4.69, 9.17) is 16.3 Å². The number of rotatable bonds is 5. The molecule has 0 radical (unpaired) electrons. The Hall–Kier alpha value is -0.990. The lowest BCUT2D eigenvalue weighted by Gasteiger charge is -2.11. The Balaban J connectivity index is 2.67. The molecule has 2 nitrogen and oxygen atoms in total. The van der Waals surface area contributed by atoms with E-state index >= 15 is 0 Å². The summed E-state index contributed by atoms with van der Waals surface area (Å²) in [5.74, 6) is 0.950. The van der Waals surface area contributed by atoms with Gasteiger partial charge in [0, 0.05) is 5.56 Å². The molecule has 15 heavy (non-hydrogen) atoms. The Morgan fingerprint density at radius 1 is 1.47 bits per heavy atom. The van der Waals surface area contributed by atoms with E-state index in [0.717, 1.165) is 11.3 Å². The molecule has 3 heteroatoms. The number of aliphatic hydroxyl groups is 1. The minimum Gasteiger partial charge on any atom is -0.490 e. The summed E-state index contributed by atoms with van der Waals surface area (Å²) in [5, 5.41) is 9.27. The maximum absolute atomic E-state index is 9.27. The summed E-state index contributed by atoms with van der Waals surface area (Å²) >= 11 is 5.48. The largest absolute Gasteiger partial charge is 0.490 e. The zero-order valence-corrected chi connectivity index (χ0v) is 9.45. The van der Waals surface area contributed by atoms with E-state index in [1.807, 2.05) is 43.3 Å². The smallest absolute Gasteiger partial charge is 0.126 e. The Labute approximate surface area is 95.1 Å². The topological polar surface area (TPSA) is 29.5 Å². The second kappa shape index (κ2) is 6.49. The third-order valence-corrected chi connectivity index (χ3v) is 2.23. The molecule has 1 aromatic rings. The zero-order chi connectivity index (χ0) is 11.1. The quantitative estimate of drug-likeness (QED) is 0.783. The van der Waals surface area contributed by atoms with Crippen LogP contribution in [-0.4, -0.2) is 23.7 Å². The maximum atomic E-state index is 9.27. The fourth-order valence-electron chi connectivity index (χ4n) is 1.16. The number of hydrogen-bond acceptors (Lipinski definition) is 2. The van der Waals surface area contributed by atoms with Gasteiger partial charge in [-0.3, -0.25) is 0 Å².